The van der Waals surface area contributed by atoms with Gasteiger partial charge in [0, 0.05) is 32.1 Å². The molecule has 164 valence electrons. The molecular formula is C27H19Cl2NO2S. The van der Waals surface area contributed by atoms with Crippen LogP contribution < -0.4 is 0 Å². The fourth-order valence-corrected chi connectivity index (χ4v) is 5.67. The summed E-state index contributed by atoms with van der Waals surface area (Å²) in [5.41, 5.74) is 5.06. The molecule has 0 radical (unpaired) electrons. The van der Waals surface area contributed by atoms with Crippen molar-refractivity contribution in [2.24, 2.45) is 0 Å². The third kappa shape index (κ3) is 4.00. The van der Waals surface area contributed by atoms with E-state index in [1.165, 1.54) is 0 Å². The van der Waals surface area contributed by atoms with Gasteiger partial charge < -0.3 is 9.66 Å². The van der Waals surface area contributed by atoms with Crippen molar-refractivity contribution in [3.8, 4) is 28.1 Å². The van der Waals surface area contributed by atoms with Crippen molar-refractivity contribution < 1.29 is 9.66 Å². The van der Waals surface area contributed by atoms with Crippen LogP contribution in [-0.2, 0) is 11.4 Å². The van der Waals surface area contributed by atoms with Gasteiger partial charge in [0.1, 0.15) is 22.8 Å². The second kappa shape index (κ2) is 8.81. The lowest BCUT2D eigenvalue weighted by Gasteiger charge is -2.16. The number of phenolic OH excluding ortho intramolecular Hbond substituents is 1. The summed E-state index contributed by atoms with van der Waals surface area (Å²) < 4.78 is 15.8. The minimum atomic E-state index is -1.55. The van der Waals surface area contributed by atoms with E-state index in [4.69, 9.17) is 23.2 Å². The van der Waals surface area contributed by atoms with E-state index in [0.717, 1.165) is 38.9 Å². The first kappa shape index (κ1) is 21.9. The molecule has 1 atom stereocenters. The Labute approximate surface area is 205 Å². The number of fused-ring (bicyclic) bond motifs is 1. The largest absolute Gasteiger partial charge is 0.587 e. The van der Waals surface area contributed by atoms with Crippen molar-refractivity contribution in [2.45, 2.75) is 11.8 Å². The molecule has 1 aromatic heterocycles. The molecule has 1 N–H and O–H groups in total. The van der Waals surface area contributed by atoms with E-state index in [2.05, 4.69) is 0 Å². The molecule has 3 nitrogen and oxygen atoms in total. The molecule has 0 saturated heterocycles. The van der Waals surface area contributed by atoms with E-state index in [-0.39, 0.29) is 5.75 Å². The van der Waals surface area contributed by atoms with Crippen molar-refractivity contribution in [1.29, 1.82) is 0 Å². The minimum Gasteiger partial charge on any atom is -0.587 e. The van der Waals surface area contributed by atoms with Gasteiger partial charge in [-0.3, -0.25) is 0 Å². The molecule has 0 saturated carbocycles. The number of hydrogen-bond donors (Lipinski definition) is 1. The predicted octanol–water partition coefficient (Wildman–Crippen LogP) is 7.87. The maximum atomic E-state index is 14.0. The number of nitrogens with zero attached hydrogens (tertiary/aromatic N) is 1. The Morgan fingerprint density at radius 3 is 2.24 bits per heavy atom. The lowest BCUT2D eigenvalue weighted by Crippen LogP contribution is -2.14. The molecule has 1 heterocycles. The molecule has 0 fully saturated rings. The van der Waals surface area contributed by atoms with Gasteiger partial charge >= 0.3 is 0 Å². The van der Waals surface area contributed by atoms with Crippen LogP contribution in [0.25, 0.3) is 33.3 Å². The van der Waals surface area contributed by atoms with Crippen LogP contribution >= 0.6 is 23.2 Å². The van der Waals surface area contributed by atoms with Crippen LogP contribution in [0.5, 0.6) is 5.75 Å². The molecule has 1 unspecified atom stereocenters. The molecule has 0 bridgehead atoms. The lowest BCUT2D eigenvalue weighted by atomic mass is 9.98. The predicted molar refractivity (Wildman–Crippen MR) is 137 cm³/mol. The second-order valence-electron chi connectivity index (χ2n) is 7.77. The molecule has 0 spiro atoms. The maximum absolute atomic E-state index is 14.0. The van der Waals surface area contributed by atoms with Crippen LogP contribution in [-0.4, -0.2) is 13.6 Å². The lowest BCUT2D eigenvalue weighted by molar-refractivity contribution is 0.475. The summed E-state index contributed by atoms with van der Waals surface area (Å²) in [4.78, 5) is 0.679. The monoisotopic (exact) mass is 491 g/mol. The smallest absolute Gasteiger partial charge is 0.180 e. The van der Waals surface area contributed by atoms with Gasteiger partial charge in [-0.2, -0.15) is 3.97 Å². The average molecular weight is 492 g/mol. The first-order valence-corrected chi connectivity index (χ1v) is 12.2. The highest BCUT2D eigenvalue weighted by Gasteiger charge is 2.29. The van der Waals surface area contributed by atoms with Crippen LogP contribution in [0.1, 0.15) is 5.56 Å². The Morgan fingerprint density at radius 1 is 0.848 bits per heavy atom. The summed E-state index contributed by atoms with van der Waals surface area (Å²) in [6.07, 6.45) is 0. The molecule has 0 aliphatic heterocycles. The molecule has 5 aromatic rings. The van der Waals surface area contributed by atoms with Gasteiger partial charge in [-0.25, -0.2) is 0 Å². The molecule has 6 heteroatoms. The van der Waals surface area contributed by atoms with Crippen LogP contribution in [0.4, 0.5) is 0 Å². The van der Waals surface area contributed by atoms with Gasteiger partial charge in [0.15, 0.2) is 4.90 Å². The van der Waals surface area contributed by atoms with Gasteiger partial charge in [-0.05, 0) is 67.6 Å². The molecule has 0 amide bonds. The average Bonchev–Trinajstić information content (AvgIpc) is 3.14. The van der Waals surface area contributed by atoms with Crippen LogP contribution in [0.15, 0.2) is 95.9 Å². The van der Waals surface area contributed by atoms with Crippen LogP contribution in [0.2, 0.25) is 10.0 Å². The van der Waals surface area contributed by atoms with Crippen molar-refractivity contribution in [3.05, 3.63) is 107 Å². The topological polar surface area (TPSA) is 48.2 Å². The highest BCUT2D eigenvalue weighted by atomic mass is 35.5. The highest BCUT2D eigenvalue weighted by molar-refractivity contribution is 7.90. The Balaban J connectivity index is 1.91. The van der Waals surface area contributed by atoms with E-state index >= 15 is 0 Å². The van der Waals surface area contributed by atoms with Crippen molar-refractivity contribution in [3.63, 3.8) is 0 Å². The van der Waals surface area contributed by atoms with Gasteiger partial charge in [0.2, 0.25) is 0 Å². The van der Waals surface area contributed by atoms with Gasteiger partial charge in [0.25, 0.3) is 0 Å². The van der Waals surface area contributed by atoms with Gasteiger partial charge in [-0.1, -0.05) is 59.1 Å². The number of aromatic nitrogens is 1. The first-order chi connectivity index (χ1) is 15.9. The number of benzene rings is 4. The molecular weight excluding hydrogens is 473 g/mol. The zero-order valence-corrected chi connectivity index (χ0v) is 20.0. The number of hydrogen-bond acceptors (Lipinski definition) is 2. The van der Waals surface area contributed by atoms with Gasteiger partial charge in [-0.15, -0.1) is 0 Å². The Hall–Kier alpha value is -2.89. The third-order valence-corrected chi connectivity index (χ3v) is 7.51. The Morgan fingerprint density at radius 2 is 1.55 bits per heavy atom. The van der Waals surface area contributed by atoms with Crippen LogP contribution in [0.3, 0.4) is 0 Å². The molecule has 0 aliphatic carbocycles. The summed E-state index contributed by atoms with van der Waals surface area (Å²) >= 11 is 11.5. The fourth-order valence-electron chi connectivity index (χ4n) is 3.98. The highest BCUT2D eigenvalue weighted by Crippen LogP contribution is 2.45. The van der Waals surface area contributed by atoms with E-state index < -0.39 is 11.4 Å². The van der Waals surface area contributed by atoms with Crippen molar-refractivity contribution >= 4 is 45.5 Å². The van der Waals surface area contributed by atoms with Crippen LogP contribution in [0, 0.1) is 6.92 Å². The first-order valence-electron chi connectivity index (χ1n) is 10.3. The Bertz CT molecular complexity index is 1460. The molecule has 33 heavy (non-hydrogen) atoms. The summed E-state index contributed by atoms with van der Waals surface area (Å²) in [5, 5.41) is 11.9. The standard InChI is InChI=1S/C27H19Cl2NO2S/c1-17-6-13-21(14-7-17)33(32)30-25-15-10-19(28)16-23(25)26(22-4-2-3-5-24(22)29)27(30)18-8-11-20(31)12-9-18/h2-16,31H,1H3. The summed E-state index contributed by atoms with van der Waals surface area (Å²) in [6, 6.07) is 27.7. The SMILES string of the molecule is Cc1ccc([S+]([O-])n2c(-c3ccc(O)cc3)c(-c3ccccc3Cl)c3cc(Cl)ccc32)cc1. The summed E-state index contributed by atoms with van der Waals surface area (Å²) in [6.45, 7) is 2.00. The van der Waals surface area contributed by atoms with E-state index in [1.807, 2.05) is 83.7 Å². The quantitative estimate of drug-likeness (QED) is 0.260. The molecule has 4 aromatic carbocycles. The second-order valence-corrected chi connectivity index (χ2v) is 9.95. The number of rotatable bonds is 4. The summed E-state index contributed by atoms with van der Waals surface area (Å²) in [5.74, 6) is 0.156. The number of aromatic hydroxyl groups is 1. The molecule has 5 rings (SSSR count). The fraction of sp³-hybridized carbons (Fsp3) is 0.0370. The Kier molecular flexibility index (Phi) is 5.85. The molecule has 0 aliphatic rings. The number of halogens is 2. The normalized spacial score (nSPS) is 12.2. The van der Waals surface area contributed by atoms with E-state index in [0.29, 0.717) is 14.9 Å². The minimum absolute atomic E-state index is 0.156. The zero-order valence-electron chi connectivity index (χ0n) is 17.6. The third-order valence-electron chi connectivity index (χ3n) is 5.56. The van der Waals surface area contributed by atoms with Crippen molar-refractivity contribution in [1.82, 2.24) is 3.97 Å². The number of aryl methyl sites for hydroxylation is 1. The van der Waals surface area contributed by atoms with E-state index in [1.54, 1.807) is 18.2 Å². The summed E-state index contributed by atoms with van der Waals surface area (Å²) in [7, 11) is 0. The zero-order chi connectivity index (χ0) is 23.1. The number of phenols is 1. The van der Waals surface area contributed by atoms with E-state index in [9.17, 15) is 9.66 Å². The van der Waals surface area contributed by atoms with Crippen molar-refractivity contribution in [2.75, 3.05) is 0 Å². The maximum Gasteiger partial charge on any atom is 0.180 e. The van der Waals surface area contributed by atoms with Gasteiger partial charge in [0.05, 0.1) is 5.52 Å².